The normalized spacial score (nSPS) is 22.6. The number of amides is 2. The Labute approximate surface area is 232 Å². The first-order valence-corrected chi connectivity index (χ1v) is 14.4. The molecular weight excluding hydrogens is 551 g/mol. The SMILES string of the molecule is COCC12CCN(CC1)C(=O)C(N)C/C=C\CN(c1ccccc1Cl)S(=O)(=O)c1cc(ccc1Cl)C(=O)N2. The van der Waals surface area contributed by atoms with Gasteiger partial charge in [0.25, 0.3) is 15.9 Å². The molecule has 5 rings (SSSR count). The molecule has 0 aromatic heterocycles. The van der Waals surface area contributed by atoms with Gasteiger partial charge in [-0.15, -0.1) is 0 Å². The van der Waals surface area contributed by atoms with Crippen LogP contribution in [0.15, 0.2) is 59.5 Å². The number of halogens is 2. The van der Waals surface area contributed by atoms with E-state index in [1.165, 1.54) is 18.2 Å². The van der Waals surface area contributed by atoms with Crippen LogP contribution in [0, 0.1) is 0 Å². The lowest BCUT2D eigenvalue weighted by Crippen LogP contribution is -2.59. The molecule has 38 heavy (non-hydrogen) atoms. The van der Waals surface area contributed by atoms with Gasteiger partial charge in [-0.05, 0) is 49.6 Å². The zero-order chi connectivity index (χ0) is 27.5. The van der Waals surface area contributed by atoms with Gasteiger partial charge in [-0.3, -0.25) is 13.9 Å². The van der Waals surface area contributed by atoms with Crippen LogP contribution in [0.5, 0.6) is 0 Å². The number of nitrogens with one attached hydrogen (secondary N) is 1. The highest BCUT2D eigenvalue weighted by Gasteiger charge is 2.39. The number of anilines is 1. The number of nitrogens with two attached hydrogens (primary N) is 1. The summed E-state index contributed by atoms with van der Waals surface area (Å²) in [5.74, 6) is -0.675. The first-order chi connectivity index (χ1) is 18.1. The molecule has 1 fully saturated rings. The third kappa shape index (κ3) is 5.84. The second-order valence-corrected chi connectivity index (χ2v) is 12.1. The standard InChI is InChI=1S/C26H30Cl2N4O5S/c1-37-17-26-11-14-31(15-12-26)25(34)21(29)7-4-5-13-32(22-8-3-2-6-19(22)27)38(35,36)23-16-18(24(33)30-26)9-10-20(23)28/h2-6,8-10,16,21H,7,11-15,17,29H2,1H3,(H,30,33)/b5-4-. The van der Waals surface area contributed by atoms with E-state index in [1.807, 2.05) is 0 Å². The summed E-state index contributed by atoms with van der Waals surface area (Å²) in [6.07, 6.45) is 4.44. The average Bonchev–Trinajstić information content (AvgIpc) is 2.89. The Balaban J connectivity index is 1.82. The van der Waals surface area contributed by atoms with Gasteiger partial charge in [0.1, 0.15) is 4.90 Å². The molecule has 1 unspecified atom stereocenters. The number of carbonyl (C=O) groups excluding carboxylic acids is 2. The highest BCUT2D eigenvalue weighted by atomic mass is 35.5. The number of para-hydroxylation sites is 1. The van der Waals surface area contributed by atoms with Crippen LogP contribution in [0.1, 0.15) is 29.6 Å². The predicted molar refractivity (Wildman–Crippen MR) is 147 cm³/mol. The Bertz CT molecular complexity index is 1340. The molecule has 0 spiro atoms. The lowest BCUT2D eigenvalue weighted by atomic mass is 9.87. The van der Waals surface area contributed by atoms with Crippen LogP contribution in [-0.4, -0.2) is 70.1 Å². The summed E-state index contributed by atoms with van der Waals surface area (Å²) < 4.78 is 34.4. The highest BCUT2D eigenvalue weighted by molar-refractivity contribution is 7.93. The van der Waals surface area contributed by atoms with Crippen LogP contribution < -0.4 is 15.4 Å². The Kier molecular flexibility index (Phi) is 8.68. The fourth-order valence-corrected chi connectivity index (χ4v) is 6.97. The van der Waals surface area contributed by atoms with E-state index in [0.29, 0.717) is 25.9 Å². The molecule has 0 radical (unpaired) electrons. The fraction of sp³-hybridized carbons (Fsp3) is 0.385. The van der Waals surface area contributed by atoms with Crippen LogP contribution in [0.3, 0.4) is 0 Å². The first kappa shape index (κ1) is 28.4. The molecule has 2 amide bonds. The van der Waals surface area contributed by atoms with Crippen molar-refractivity contribution in [3.8, 4) is 0 Å². The van der Waals surface area contributed by atoms with Gasteiger partial charge >= 0.3 is 0 Å². The maximum absolute atomic E-state index is 13.9. The number of hydrogen-bond donors (Lipinski definition) is 2. The molecule has 3 aliphatic rings. The second kappa shape index (κ2) is 11.6. The van der Waals surface area contributed by atoms with E-state index < -0.39 is 27.5 Å². The minimum Gasteiger partial charge on any atom is -0.382 e. The number of methoxy groups -OCH3 is 1. The third-order valence-electron chi connectivity index (χ3n) is 6.86. The quantitative estimate of drug-likeness (QED) is 0.537. The lowest BCUT2D eigenvalue weighted by Gasteiger charge is -2.42. The molecule has 9 nitrogen and oxygen atoms in total. The number of hydrogen-bond acceptors (Lipinski definition) is 6. The minimum absolute atomic E-state index is 0.0342. The van der Waals surface area contributed by atoms with Gasteiger partial charge in [0.05, 0.1) is 40.5 Å². The van der Waals surface area contributed by atoms with Crippen molar-refractivity contribution in [3.63, 3.8) is 0 Å². The monoisotopic (exact) mass is 580 g/mol. The largest absolute Gasteiger partial charge is 0.382 e. The topological polar surface area (TPSA) is 122 Å². The van der Waals surface area contributed by atoms with E-state index in [9.17, 15) is 18.0 Å². The fourth-order valence-electron chi connectivity index (χ4n) is 4.74. The lowest BCUT2D eigenvalue weighted by molar-refractivity contribution is -0.134. The number of fused-ring (bicyclic) bond motifs is 9. The van der Waals surface area contributed by atoms with Crippen molar-refractivity contribution >= 4 is 50.7 Å². The van der Waals surface area contributed by atoms with E-state index in [4.69, 9.17) is 33.7 Å². The smallest absolute Gasteiger partial charge is 0.266 e. The summed E-state index contributed by atoms with van der Waals surface area (Å²) in [7, 11) is -2.73. The van der Waals surface area contributed by atoms with E-state index in [2.05, 4.69) is 5.32 Å². The summed E-state index contributed by atoms with van der Waals surface area (Å²) in [5.41, 5.74) is 5.82. The van der Waals surface area contributed by atoms with Crippen LogP contribution in [0.2, 0.25) is 10.0 Å². The van der Waals surface area contributed by atoms with E-state index in [0.717, 1.165) is 4.31 Å². The van der Waals surface area contributed by atoms with Gasteiger partial charge in [-0.1, -0.05) is 47.5 Å². The van der Waals surface area contributed by atoms with Gasteiger partial charge in [0, 0.05) is 25.8 Å². The molecule has 12 heteroatoms. The Morgan fingerprint density at radius 2 is 1.79 bits per heavy atom. The molecule has 3 aliphatic heterocycles. The minimum atomic E-state index is -4.27. The van der Waals surface area contributed by atoms with Crippen molar-refractivity contribution in [3.05, 3.63) is 70.2 Å². The average molecular weight is 582 g/mol. The summed E-state index contributed by atoms with van der Waals surface area (Å²) >= 11 is 12.8. The number of ether oxygens (including phenoxy) is 1. The first-order valence-electron chi connectivity index (χ1n) is 12.2. The molecular formula is C26H30Cl2N4O5S. The van der Waals surface area contributed by atoms with Crippen LogP contribution in [-0.2, 0) is 19.6 Å². The number of rotatable bonds is 3. The molecule has 2 aromatic rings. The zero-order valence-electron chi connectivity index (χ0n) is 20.9. The summed E-state index contributed by atoms with van der Waals surface area (Å²) in [6, 6.07) is 9.87. The van der Waals surface area contributed by atoms with Gasteiger partial charge < -0.3 is 20.7 Å². The Hall–Kier alpha value is -2.63. The molecule has 1 saturated heterocycles. The van der Waals surface area contributed by atoms with Crippen molar-refractivity contribution in [2.45, 2.75) is 35.7 Å². The third-order valence-corrected chi connectivity index (χ3v) is 9.44. The zero-order valence-corrected chi connectivity index (χ0v) is 23.2. The Morgan fingerprint density at radius 1 is 1.08 bits per heavy atom. The van der Waals surface area contributed by atoms with Gasteiger partial charge in [0.2, 0.25) is 5.91 Å². The molecule has 204 valence electrons. The predicted octanol–water partition coefficient (Wildman–Crippen LogP) is 3.21. The number of piperidine rings is 1. The summed E-state index contributed by atoms with van der Waals surface area (Å²) in [4.78, 5) is 27.8. The van der Waals surface area contributed by atoms with Crippen LogP contribution in [0.4, 0.5) is 5.69 Å². The van der Waals surface area contributed by atoms with Crippen molar-refractivity contribution in [1.29, 1.82) is 0 Å². The molecule has 1 atom stereocenters. The Morgan fingerprint density at radius 3 is 2.47 bits per heavy atom. The number of carbonyl (C=O) groups is 2. The van der Waals surface area contributed by atoms with Crippen LogP contribution in [0.25, 0.3) is 0 Å². The molecule has 3 heterocycles. The molecule has 0 saturated carbocycles. The maximum atomic E-state index is 13.9. The van der Waals surface area contributed by atoms with E-state index in [-0.39, 0.29) is 51.7 Å². The van der Waals surface area contributed by atoms with Crippen molar-refractivity contribution in [2.75, 3.05) is 37.7 Å². The maximum Gasteiger partial charge on any atom is 0.266 e. The second-order valence-electron chi connectivity index (χ2n) is 9.44. The number of benzene rings is 2. The molecule has 3 N–H and O–H groups in total. The van der Waals surface area contributed by atoms with Crippen molar-refractivity contribution < 1.29 is 22.7 Å². The van der Waals surface area contributed by atoms with Gasteiger partial charge in [0.15, 0.2) is 0 Å². The molecule has 4 bridgehead atoms. The molecule has 2 aromatic carbocycles. The van der Waals surface area contributed by atoms with Gasteiger partial charge in [-0.2, -0.15) is 0 Å². The van der Waals surface area contributed by atoms with Crippen LogP contribution >= 0.6 is 23.2 Å². The summed E-state index contributed by atoms with van der Waals surface area (Å²) in [6.45, 7) is 0.940. The van der Waals surface area contributed by atoms with E-state index >= 15 is 0 Å². The summed E-state index contributed by atoms with van der Waals surface area (Å²) in [5, 5.41) is 3.21. The van der Waals surface area contributed by atoms with Crippen molar-refractivity contribution in [1.82, 2.24) is 10.2 Å². The highest BCUT2D eigenvalue weighted by Crippen LogP contribution is 2.34. The number of sulfonamides is 1. The number of nitrogens with zero attached hydrogens (tertiary/aromatic N) is 2. The van der Waals surface area contributed by atoms with Gasteiger partial charge in [-0.25, -0.2) is 8.42 Å². The van der Waals surface area contributed by atoms with Crippen molar-refractivity contribution in [2.24, 2.45) is 5.73 Å². The van der Waals surface area contributed by atoms with E-state index in [1.54, 1.807) is 48.4 Å². The molecule has 0 aliphatic carbocycles.